The van der Waals surface area contributed by atoms with Gasteiger partial charge < -0.3 is 11.1 Å². The molecule has 3 amide bonds. The van der Waals surface area contributed by atoms with Crippen molar-refractivity contribution >= 4 is 17.6 Å². The Morgan fingerprint density at radius 3 is 2.80 bits per heavy atom. The number of hydrogen-bond donors (Lipinski definition) is 2. The molecule has 1 heterocycles. The molecule has 2 rings (SSSR count). The van der Waals surface area contributed by atoms with Gasteiger partial charge in [-0.1, -0.05) is 12.1 Å². The van der Waals surface area contributed by atoms with Crippen LogP contribution in [-0.2, 0) is 11.3 Å². The zero-order chi connectivity index (χ0) is 10.8. The van der Waals surface area contributed by atoms with E-state index in [-0.39, 0.29) is 18.5 Å². The number of carbonyl (C=O) groups excluding carboxylic acids is 2. The molecule has 0 radical (unpaired) electrons. The summed E-state index contributed by atoms with van der Waals surface area (Å²) < 4.78 is 0. The van der Waals surface area contributed by atoms with E-state index in [0.717, 1.165) is 10.5 Å². The minimum atomic E-state index is -0.380. The van der Waals surface area contributed by atoms with Crippen molar-refractivity contribution < 1.29 is 9.59 Å². The van der Waals surface area contributed by atoms with E-state index in [9.17, 15) is 9.59 Å². The van der Waals surface area contributed by atoms with Gasteiger partial charge in [-0.3, -0.25) is 4.79 Å². The zero-order valence-corrected chi connectivity index (χ0v) is 8.06. The van der Waals surface area contributed by atoms with Gasteiger partial charge in [-0.25, -0.2) is 9.69 Å². The molecule has 1 aromatic carbocycles. The Labute approximate surface area is 86.9 Å². The van der Waals surface area contributed by atoms with Crippen LogP contribution >= 0.6 is 0 Å². The van der Waals surface area contributed by atoms with E-state index in [1.165, 1.54) is 0 Å². The molecule has 0 unspecified atom stereocenters. The van der Waals surface area contributed by atoms with Gasteiger partial charge in [0.05, 0.1) is 12.2 Å². The van der Waals surface area contributed by atoms with Gasteiger partial charge in [-0.05, 0) is 17.7 Å². The molecule has 0 atom stereocenters. The molecule has 15 heavy (non-hydrogen) atoms. The zero-order valence-electron chi connectivity index (χ0n) is 8.06. The molecule has 0 bridgehead atoms. The summed E-state index contributed by atoms with van der Waals surface area (Å²) in [5.41, 5.74) is 6.94. The quantitative estimate of drug-likeness (QED) is 0.677. The largest absolute Gasteiger partial charge is 0.329 e. The molecule has 1 aliphatic heterocycles. The highest BCUT2D eigenvalue weighted by Crippen LogP contribution is 2.18. The fourth-order valence-electron chi connectivity index (χ4n) is 1.51. The minimum absolute atomic E-state index is 0.0612. The van der Waals surface area contributed by atoms with Crippen molar-refractivity contribution in [2.75, 3.05) is 11.4 Å². The molecule has 1 aromatic rings. The number of amides is 3. The Morgan fingerprint density at radius 2 is 2.20 bits per heavy atom. The first kappa shape index (κ1) is 9.67. The Balaban J connectivity index is 2.36. The normalized spacial score (nSPS) is 15.7. The van der Waals surface area contributed by atoms with Crippen LogP contribution in [0.1, 0.15) is 5.56 Å². The fourth-order valence-corrected chi connectivity index (χ4v) is 1.51. The molecule has 0 aliphatic carbocycles. The van der Waals surface area contributed by atoms with Gasteiger partial charge in [0.1, 0.15) is 0 Å². The predicted octanol–water partition coefficient (Wildman–Crippen LogP) is 0.201. The maximum Gasteiger partial charge on any atom is 0.329 e. The van der Waals surface area contributed by atoms with Crippen LogP contribution in [0.4, 0.5) is 10.5 Å². The van der Waals surface area contributed by atoms with Gasteiger partial charge in [0.15, 0.2) is 0 Å². The Kier molecular flexibility index (Phi) is 2.39. The summed E-state index contributed by atoms with van der Waals surface area (Å²) in [6.07, 6.45) is 0. The lowest BCUT2D eigenvalue weighted by Gasteiger charge is -2.12. The summed E-state index contributed by atoms with van der Waals surface area (Å²) in [5.74, 6) is -0.242. The first-order valence-corrected chi connectivity index (χ1v) is 4.62. The van der Waals surface area contributed by atoms with Crippen molar-refractivity contribution in [3.63, 3.8) is 0 Å². The van der Waals surface area contributed by atoms with Gasteiger partial charge in [0.25, 0.3) is 5.91 Å². The summed E-state index contributed by atoms with van der Waals surface area (Å²) in [6, 6.07) is 6.69. The van der Waals surface area contributed by atoms with E-state index >= 15 is 0 Å². The third-order valence-electron chi connectivity index (χ3n) is 2.25. The van der Waals surface area contributed by atoms with Crippen molar-refractivity contribution in [2.24, 2.45) is 5.73 Å². The standard InChI is InChI=1S/C10H11N3O2/c11-5-7-2-1-3-8(4-7)13-9(14)6-12-10(13)15/h1-4H,5-6,11H2,(H,12,15). The lowest BCUT2D eigenvalue weighted by molar-refractivity contribution is -0.115. The second-order valence-corrected chi connectivity index (χ2v) is 3.26. The molecular formula is C10H11N3O2. The second kappa shape index (κ2) is 3.70. The van der Waals surface area contributed by atoms with E-state index in [0.29, 0.717) is 12.2 Å². The number of rotatable bonds is 2. The summed E-state index contributed by atoms with van der Waals surface area (Å²) in [5, 5.41) is 2.46. The van der Waals surface area contributed by atoms with Gasteiger partial charge >= 0.3 is 6.03 Å². The van der Waals surface area contributed by atoms with Crippen molar-refractivity contribution in [3.8, 4) is 0 Å². The first-order valence-electron chi connectivity index (χ1n) is 4.62. The SMILES string of the molecule is NCc1cccc(N2C(=O)CNC2=O)c1. The molecule has 1 fully saturated rings. The molecule has 0 spiro atoms. The van der Waals surface area contributed by atoms with E-state index in [1.54, 1.807) is 18.2 Å². The van der Waals surface area contributed by atoms with E-state index < -0.39 is 0 Å². The molecule has 5 heteroatoms. The number of hydrogen-bond acceptors (Lipinski definition) is 3. The predicted molar refractivity (Wildman–Crippen MR) is 55.2 cm³/mol. The molecule has 0 aromatic heterocycles. The first-order chi connectivity index (χ1) is 7.22. The van der Waals surface area contributed by atoms with Gasteiger partial charge in [-0.15, -0.1) is 0 Å². The number of carbonyl (C=O) groups is 2. The van der Waals surface area contributed by atoms with E-state index in [4.69, 9.17) is 5.73 Å². The van der Waals surface area contributed by atoms with Crippen LogP contribution < -0.4 is 16.0 Å². The van der Waals surface area contributed by atoms with Crippen LogP contribution in [0, 0.1) is 0 Å². The maximum absolute atomic E-state index is 11.4. The molecular weight excluding hydrogens is 194 g/mol. The molecule has 1 saturated heterocycles. The van der Waals surface area contributed by atoms with Crippen molar-refractivity contribution in [2.45, 2.75) is 6.54 Å². The van der Waals surface area contributed by atoms with E-state index in [1.807, 2.05) is 6.07 Å². The number of urea groups is 1. The topological polar surface area (TPSA) is 75.4 Å². The van der Waals surface area contributed by atoms with Gasteiger partial charge in [-0.2, -0.15) is 0 Å². The smallest absolute Gasteiger partial charge is 0.328 e. The lowest BCUT2D eigenvalue weighted by atomic mass is 10.2. The van der Waals surface area contributed by atoms with E-state index in [2.05, 4.69) is 5.32 Å². The maximum atomic E-state index is 11.4. The van der Waals surface area contributed by atoms with Crippen LogP contribution in [0.2, 0.25) is 0 Å². The Bertz CT molecular complexity index is 401. The number of anilines is 1. The monoisotopic (exact) mass is 205 g/mol. The highest BCUT2D eigenvalue weighted by Gasteiger charge is 2.29. The van der Waals surface area contributed by atoms with Crippen LogP contribution in [0.3, 0.4) is 0 Å². The van der Waals surface area contributed by atoms with Crippen molar-refractivity contribution in [1.29, 1.82) is 0 Å². The Hall–Kier alpha value is -1.88. The molecule has 5 nitrogen and oxygen atoms in total. The third kappa shape index (κ3) is 1.69. The highest BCUT2D eigenvalue weighted by molar-refractivity contribution is 6.19. The van der Waals surface area contributed by atoms with Gasteiger partial charge in [0.2, 0.25) is 0 Å². The average Bonchev–Trinajstić information content (AvgIpc) is 2.59. The van der Waals surface area contributed by atoms with Crippen LogP contribution in [0.15, 0.2) is 24.3 Å². The number of nitrogens with zero attached hydrogens (tertiary/aromatic N) is 1. The second-order valence-electron chi connectivity index (χ2n) is 3.26. The van der Waals surface area contributed by atoms with Crippen LogP contribution in [0.5, 0.6) is 0 Å². The number of benzene rings is 1. The molecule has 3 N–H and O–H groups in total. The van der Waals surface area contributed by atoms with Crippen LogP contribution in [0.25, 0.3) is 0 Å². The molecule has 0 saturated carbocycles. The number of nitrogens with two attached hydrogens (primary N) is 1. The minimum Gasteiger partial charge on any atom is -0.328 e. The Morgan fingerprint density at radius 1 is 1.40 bits per heavy atom. The van der Waals surface area contributed by atoms with Crippen molar-refractivity contribution in [3.05, 3.63) is 29.8 Å². The fraction of sp³-hybridized carbons (Fsp3) is 0.200. The third-order valence-corrected chi connectivity index (χ3v) is 2.25. The lowest BCUT2D eigenvalue weighted by Crippen LogP contribution is -2.30. The highest BCUT2D eigenvalue weighted by atomic mass is 16.2. The van der Waals surface area contributed by atoms with Crippen LogP contribution in [-0.4, -0.2) is 18.5 Å². The average molecular weight is 205 g/mol. The summed E-state index contributed by atoms with van der Waals surface area (Å²) in [6.45, 7) is 0.448. The molecule has 1 aliphatic rings. The van der Waals surface area contributed by atoms with Gasteiger partial charge in [0, 0.05) is 6.54 Å². The summed E-state index contributed by atoms with van der Waals surface area (Å²) >= 11 is 0. The summed E-state index contributed by atoms with van der Waals surface area (Å²) in [7, 11) is 0. The number of imide groups is 1. The van der Waals surface area contributed by atoms with Crippen molar-refractivity contribution in [1.82, 2.24) is 5.32 Å². The number of nitrogens with one attached hydrogen (secondary N) is 1. The molecule has 78 valence electrons. The summed E-state index contributed by atoms with van der Waals surface area (Å²) in [4.78, 5) is 23.9.